The lowest BCUT2D eigenvalue weighted by Gasteiger charge is -2.13. The van der Waals surface area contributed by atoms with E-state index in [2.05, 4.69) is 0 Å². The van der Waals surface area contributed by atoms with Crippen molar-refractivity contribution in [2.75, 3.05) is 6.54 Å². The molecule has 0 radical (unpaired) electrons. The van der Waals surface area contributed by atoms with Gasteiger partial charge in [-0.3, -0.25) is 14.5 Å². The molecule has 0 atom stereocenters. The Labute approximate surface area is 132 Å². The van der Waals surface area contributed by atoms with Gasteiger partial charge in [0.15, 0.2) is 0 Å². The summed E-state index contributed by atoms with van der Waals surface area (Å²) in [5, 5.41) is 8.56. The van der Waals surface area contributed by atoms with Gasteiger partial charge in [-0.15, -0.1) is 0 Å². The van der Waals surface area contributed by atoms with Crippen molar-refractivity contribution in [1.82, 2.24) is 4.90 Å². The van der Waals surface area contributed by atoms with Crippen molar-refractivity contribution in [3.05, 3.63) is 29.1 Å². The van der Waals surface area contributed by atoms with Crippen LogP contribution in [0.5, 0.6) is 0 Å². The Morgan fingerprint density at radius 2 is 2.24 bits per heavy atom. The summed E-state index contributed by atoms with van der Waals surface area (Å²) in [5.41, 5.74) is 0. The molecule has 1 amide bonds. The Kier molecular flexibility index (Phi) is 5.58. The molecule has 0 bridgehead atoms. The third kappa shape index (κ3) is 4.44. The molecule has 1 aromatic rings. The highest BCUT2D eigenvalue weighted by atomic mass is 32.2. The highest BCUT2D eigenvalue weighted by Crippen LogP contribution is 2.32. The number of carbonyl (C=O) groups is 2. The molecular formula is C14H15NO4S2. The van der Waals surface area contributed by atoms with Crippen molar-refractivity contribution in [3.63, 3.8) is 0 Å². The lowest BCUT2D eigenvalue weighted by molar-refractivity contribution is -0.137. The minimum absolute atomic E-state index is 0.111. The van der Waals surface area contributed by atoms with Gasteiger partial charge >= 0.3 is 5.97 Å². The second-order valence-corrected chi connectivity index (χ2v) is 6.23. The van der Waals surface area contributed by atoms with Crippen LogP contribution in [0.1, 0.15) is 31.4 Å². The number of amides is 1. The molecule has 112 valence electrons. The van der Waals surface area contributed by atoms with Crippen molar-refractivity contribution in [1.29, 1.82) is 0 Å². The maximum Gasteiger partial charge on any atom is 0.303 e. The first kappa shape index (κ1) is 15.8. The van der Waals surface area contributed by atoms with Crippen LogP contribution in [0.3, 0.4) is 0 Å². The van der Waals surface area contributed by atoms with Crippen molar-refractivity contribution < 1.29 is 19.1 Å². The number of carboxylic acid groups (broad SMARTS) is 1. The SMILES string of the molecule is O=C(O)CCCCCN1C(=O)C(=Cc2ccco2)SC1=S. The van der Waals surface area contributed by atoms with Crippen LogP contribution in [0.25, 0.3) is 6.08 Å². The van der Waals surface area contributed by atoms with Gasteiger partial charge in [0.05, 0.1) is 11.2 Å². The molecule has 1 aliphatic heterocycles. The van der Waals surface area contributed by atoms with E-state index < -0.39 is 5.97 Å². The van der Waals surface area contributed by atoms with Gasteiger partial charge in [-0.1, -0.05) is 30.4 Å². The fraction of sp³-hybridized carbons (Fsp3) is 0.357. The first-order valence-electron chi connectivity index (χ1n) is 6.58. The number of thioether (sulfide) groups is 1. The Balaban J connectivity index is 1.86. The first-order valence-corrected chi connectivity index (χ1v) is 7.81. The van der Waals surface area contributed by atoms with Crippen LogP contribution in [-0.4, -0.2) is 32.7 Å². The monoisotopic (exact) mass is 325 g/mol. The average Bonchev–Trinajstić information content (AvgIpc) is 3.01. The van der Waals surface area contributed by atoms with Crippen LogP contribution in [0.4, 0.5) is 0 Å². The molecule has 1 aliphatic rings. The summed E-state index contributed by atoms with van der Waals surface area (Å²) < 4.78 is 5.73. The summed E-state index contributed by atoms with van der Waals surface area (Å²) in [6.45, 7) is 0.528. The largest absolute Gasteiger partial charge is 0.481 e. The summed E-state index contributed by atoms with van der Waals surface area (Å²) in [6.07, 6.45) is 5.52. The number of thiocarbonyl (C=S) groups is 1. The zero-order valence-corrected chi connectivity index (χ0v) is 12.9. The number of aliphatic carboxylic acids is 1. The van der Waals surface area contributed by atoms with Gasteiger partial charge in [0.25, 0.3) is 5.91 Å². The van der Waals surface area contributed by atoms with Gasteiger partial charge < -0.3 is 9.52 Å². The summed E-state index contributed by atoms with van der Waals surface area (Å²) in [6, 6.07) is 3.54. The molecule has 1 fully saturated rings. The third-order valence-electron chi connectivity index (χ3n) is 2.96. The molecule has 1 aromatic heterocycles. The molecular weight excluding hydrogens is 310 g/mol. The lowest BCUT2D eigenvalue weighted by Crippen LogP contribution is -2.29. The first-order chi connectivity index (χ1) is 10.1. The zero-order valence-electron chi connectivity index (χ0n) is 11.3. The number of carboxylic acids is 1. The second-order valence-electron chi connectivity index (χ2n) is 4.55. The van der Waals surface area contributed by atoms with Crippen LogP contribution in [0.15, 0.2) is 27.7 Å². The van der Waals surface area contributed by atoms with E-state index in [0.29, 0.717) is 28.0 Å². The summed E-state index contributed by atoms with van der Waals surface area (Å²) in [5.74, 6) is -0.279. The standard InChI is InChI=1S/C14H15NO4S2/c16-12(17)6-2-1-3-7-15-13(18)11(21-14(15)20)9-10-5-4-8-19-10/h4-5,8-9H,1-3,6-7H2,(H,16,17). The normalized spacial score (nSPS) is 17.0. The van der Waals surface area contributed by atoms with E-state index in [1.165, 1.54) is 11.8 Å². The summed E-state index contributed by atoms with van der Waals surface area (Å²) in [4.78, 5) is 24.8. The van der Waals surface area contributed by atoms with Gasteiger partial charge in [-0.25, -0.2) is 0 Å². The molecule has 0 aliphatic carbocycles. The molecule has 1 N–H and O–H groups in total. The van der Waals surface area contributed by atoms with E-state index in [9.17, 15) is 9.59 Å². The molecule has 0 spiro atoms. The number of furan rings is 1. The van der Waals surface area contributed by atoms with Crippen LogP contribution in [0.2, 0.25) is 0 Å². The van der Waals surface area contributed by atoms with Gasteiger partial charge in [-0.05, 0) is 25.0 Å². The number of nitrogens with zero attached hydrogens (tertiary/aromatic N) is 1. The quantitative estimate of drug-likeness (QED) is 0.472. The van der Waals surface area contributed by atoms with Crippen molar-refractivity contribution in [2.45, 2.75) is 25.7 Å². The predicted octanol–water partition coefficient (Wildman–Crippen LogP) is 3.13. The Morgan fingerprint density at radius 1 is 1.43 bits per heavy atom. The molecule has 5 nitrogen and oxygen atoms in total. The Morgan fingerprint density at radius 3 is 2.90 bits per heavy atom. The zero-order chi connectivity index (χ0) is 15.2. The molecule has 0 unspecified atom stereocenters. The minimum Gasteiger partial charge on any atom is -0.481 e. The molecule has 2 rings (SSSR count). The minimum atomic E-state index is -0.790. The van der Waals surface area contributed by atoms with Crippen LogP contribution >= 0.6 is 24.0 Å². The second kappa shape index (κ2) is 7.42. The van der Waals surface area contributed by atoms with Crippen LogP contribution < -0.4 is 0 Å². The van der Waals surface area contributed by atoms with Crippen LogP contribution in [0, 0.1) is 0 Å². The number of rotatable bonds is 7. The highest BCUT2D eigenvalue weighted by molar-refractivity contribution is 8.26. The van der Waals surface area contributed by atoms with Crippen molar-refractivity contribution in [3.8, 4) is 0 Å². The van der Waals surface area contributed by atoms with E-state index in [1.807, 2.05) is 0 Å². The average molecular weight is 325 g/mol. The molecule has 1 saturated heterocycles. The van der Waals surface area contributed by atoms with Crippen molar-refractivity contribution in [2.24, 2.45) is 0 Å². The Hall–Kier alpha value is -1.60. The topological polar surface area (TPSA) is 70.8 Å². The van der Waals surface area contributed by atoms with E-state index in [4.69, 9.17) is 21.7 Å². The van der Waals surface area contributed by atoms with Gasteiger partial charge in [-0.2, -0.15) is 0 Å². The maximum absolute atomic E-state index is 12.2. The van der Waals surface area contributed by atoms with E-state index in [-0.39, 0.29) is 12.3 Å². The third-order valence-corrected chi connectivity index (χ3v) is 4.34. The lowest BCUT2D eigenvalue weighted by atomic mass is 10.2. The summed E-state index contributed by atoms with van der Waals surface area (Å²) in [7, 11) is 0. The number of hydrogen-bond donors (Lipinski definition) is 1. The number of hydrogen-bond acceptors (Lipinski definition) is 5. The molecule has 0 saturated carbocycles. The van der Waals surface area contributed by atoms with Crippen LogP contribution in [-0.2, 0) is 9.59 Å². The van der Waals surface area contributed by atoms with E-state index in [0.717, 1.165) is 12.8 Å². The molecule has 0 aromatic carbocycles. The summed E-state index contributed by atoms with van der Waals surface area (Å²) >= 11 is 6.48. The van der Waals surface area contributed by atoms with Gasteiger partial charge in [0.1, 0.15) is 10.1 Å². The van der Waals surface area contributed by atoms with Crippen molar-refractivity contribution >= 4 is 46.3 Å². The predicted molar refractivity (Wildman–Crippen MR) is 84.7 cm³/mol. The molecule has 2 heterocycles. The van der Waals surface area contributed by atoms with E-state index in [1.54, 1.807) is 29.4 Å². The van der Waals surface area contributed by atoms with Gasteiger partial charge in [0.2, 0.25) is 0 Å². The number of unbranched alkanes of at least 4 members (excludes halogenated alkanes) is 2. The van der Waals surface area contributed by atoms with E-state index >= 15 is 0 Å². The molecule has 7 heteroatoms. The van der Waals surface area contributed by atoms with Gasteiger partial charge in [0, 0.05) is 19.0 Å². The highest BCUT2D eigenvalue weighted by Gasteiger charge is 2.31. The fourth-order valence-electron chi connectivity index (χ4n) is 1.92. The Bertz CT molecular complexity index is 566. The molecule has 21 heavy (non-hydrogen) atoms. The number of carbonyl (C=O) groups excluding carboxylic acids is 1. The maximum atomic E-state index is 12.2. The smallest absolute Gasteiger partial charge is 0.303 e. The fourth-order valence-corrected chi connectivity index (χ4v) is 3.21.